The molecule has 0 saturated carbocycles. The van der Waals surface area contributed by atoms with Crippen LogP contribution in [-0.4, -0.2) is 70.3 Å². The van der Waals surface area contributed by atoms with Crippen molar-refractivity contribution in [1.29, 1.82) is 0 Å². The molecule has 4 atom stereocenters. The van der Waals surface area contributed by atoms with Crippen LogP contribution < -0.4 is 0 Å². The quantitative estimate of drug-likeness (QED) is 0.243. The normalized spacial score (nSPS) is 25.0. The molecular formula is C37H34N4O7. The van der Waals surface area contributed by atoms with E-state index in [-0.39, 0.29) is 41.4 Å². The number of hydrogen-bond acceptors (Lipinski definition) is 8. The van der Waals surface area contributed by atoms with Crippen LogP contribution >= 0.6 is 0 Å². The second kappa shape index (κ2) is 11.8. The maximum absolute atomic E-state index is 15.0. The summed E-state index contributed by atoms with van der Waals surface area (Å²) in [6.45, 7) is 7.46. The second-order valence-corrected chi connectivity index (χ2v) is 12.4. The molecule has 3 aromatic rings. The summed E-state index contributed by atoms with van der Waals surface area (Å²) in [5.41, 5.74) is 0.221. The smallest absolute Gasteiger partial charge is 0.337 e. The number of benzene rings is 1. The van der Waals surface area contributed by atoms with Gasteiger partial charge in [-0.2, -0.15) is 0 Å². The number of rotatable bonds is 9. The highest BCUT2D eigenvalue weighted by molar-refractivity contribution is 6.05. The molecule has 11 heteroatoms. The number of esters is 1. The fraction of sp³-hybridized carbons (Fsp3) is 0.270. The molecule has 0 radical (unpaired) electrons. The van der Waals surface area contributed by atoms with Crippen molar-refractivity contribution in [3.63, 3.8) is 0 Å². The number of pyridine rings is 1. The Bertz CT molecular complexity index is 1960. The summed E-state index contributed by atoms with van der Waals surface area (Å²) in [6.07, 6.45) is 12.4. The number of amides is 3. The number of carbonyl (C=O) groups is 4. The Morgan fingerprint density at radius 2 is 1.96 bits per heavy atom. The minimum atomic E-state index is -1.90. The van der Waals surface area contributed by atoms with Crippen LogP contribution in [0, 0.1) is 17.8 Å². The molecule has 4 aliphatic rings. The first-order chi connectivity index (χ1) is 23.1. The van der Waals surface area contributed by atoms with Gasteiger partial charge in [0, 0.05) is 35.8 Å². The number of methoxy groups -OCH3 is 1. The van der Waals surface area contributed by atoms with Crippen molar-refractivity contribution in [2.24, 2.45) is 17.8 Å². The average molecular weight is 647 g/mol. The zero-order valence-corrected chi connectivity index (χ0v) is 26.8. The minimum absolute atomic E-state index is 0.0164. The van der Waals surface area contributed by atoms with E-state index in [1.54, 1.807) is 72.8 Å². The van der Waals surface area contributed by atoms with Crippen LogP contribution in [0.2, 0.25) is 0 Å². The predicted molar refractivity (Wildman–Crippen MR) is 174 cm³/mol. The number of hydrogen-bond donors (Lipinski definition) is 0. The fourth-order valence-electron chi connectivity index (χ4n) is 6.84. The number of ether oxygens (including phenoxy) is 2. The van der Waals surface area contributed by atoms with E-state index in [1.807, 2.05) is 31.2 Å². The Hall–Kier alpha value is -5.71. The number of carbonyl (C=O) groups excluding carboxylic acids is 4. The summed E-state index contributed by atoms with van der Waals surface area (Å²) >= 11 is 0. The molecule has 2 saturated heterocycles. The van der Waals surface area contributed by atoms with E-state index < -0.39 is 36.0 Å². The Kier molecular flexibility index (Phi) is 7.62. The van der Waals surface area contributed by atoms with Gasteiger partial charge in [0.25, 0.3) is 11.8 Å². The van der Waals surface area contributed by atoms with Gasteiger partial charge < -0.3 is 18.8 Å². The van der Waals surface area contributed by atoms with Gasteiger partial charge in [0.1, 0.15) is 17.2 Å². The average Bonchev–Trinajstić information content (AvgIpc) is 3.48. The third kappa shape index (κ3) is 4.93. The van der Waals surface area contributed by atoms with Crippen LogP contribution in [0.1, 0.15) is 30.0 Å². The largest absolute Gasteiger partial charge is 0.502 e. The minimum Gasteiger partial charge on any atom is -0.502 e. The fourth-order valence-corrected chi connectivity index (χ4v) is 6.84. The maximum atomic E-state index is 15.0. The maximum Gasteiger partial charge on any atom is 0.337 e. The van der Waals surface area contributed by atoms with Crippen LogP contribution in [-0.2, 0) is 29.4 Å². The first-order valence-electron chi connectivity index (χ1n) is 15.7. The van der Waals surface area contributed by atoms with Crippen LogP contribution in [0.3, 0.4) is 0 Å². The van der Waals surface area contributed by atoms with Gasteiger partial charge in [-0.25, -0.2) is 4.79 Å². The third-order valence-electron chi connectivity index (χ3n) is 9.48. The van der Waals surface area contributed by atoms with Crippen LogP contribution in [0.4, 0.5) is 0 Å². The van der Waals surface area contributed by atoms with Gasteiger partial charge in [-0.3, -0.25) is 29.2 Å². The highest BCUT2D eigenvalue weighted by Crippen LogP contribution is 2.47. The van der Waals surface area contributed by atoms with E-state index in [1.165, 1.54) is 16.9 Å². The lowest BCUT2D eigenvalue weighted by Gasteiger charge is -2.36. The summed E-state index contributed by atoms with van der Waals surface area (Å²) in [5, 5.41) is 0.603. The molecule has 11 nitrogen and oxygen atoms in total. The highest BCUT2D eigenvalue weighted by Gasteiger charge is 2.62. The van der Waals surface area contributed by atoms with Crippen molar-refractivity contribution >= 4 is 34.7 Å². The van der Waals surface area contributed by atoms with Crippen molar-refractivity contribution < 1.29 is 33.1 Å². The number of fused-ring (bicyclic) bond motifs is 2. The van der Waals surface area contributed by atoms with Crippen LogP contribution in [0.5, 0.6) is 0 Å². The SMILES string of the molecule is C=C1N(COC(=O)C2=C3C=CC=CC32)C(=O)C(CN2CC(C)C(C=C(C)OC)C2=O)(c2cc3cnccc3o2)N1C(=O)c1ccccc1. The lowest BCUT2D eigenvalue weighted by molar-refractivity contribution is -0.148. The van der Waals surface area contributed by atoms with Crippen molar-refractivity contribution in [1.82, 2.24) is 19.7 Å². The number of nitrogens with zero attached hydrogens (tertiary/aromatic N) is 4. The Morgan fingerprint density at radius 3 is 2.67 bits per heavy atom. The zero-order chi connectivity index (χ0) is 33.7. The molecule has 2 fully saturated rings. The standard InChI is InChI=1S/C37H34N4O7/c1-22-19-39(34(43)29(22)16-23(2)46-4)20-37(31-17-26-18-38-15-14-30(26)48-31)36(45)40(21-47-35(44)32-27-12-8-9-13-28(27)32)24(3)41(37)33(42)25-10-6-5-7-11-25/h5-18,22,27,29H,3,19-21H2,1-2,4H3. The molecule has 4 heterocycles. The summed E-state index contributed by atoms with van der Waals surface area (Å²) < 4.78 is 17.4. The molecule has 0 N–H and O–H groups in total. The number of furan rings is 1. The second-order valence-electron chi connectivity index (χ2n) is 12.4. The third-order valence-corrected chi connectivity index (χ3v) is 9.48. The van der Waals surface area contributed by atoms with Crippen LogP contribution in [0.25, 0.3) is 11.0 Å². The lowest BCUT2D eigenvalue weighted by atomic mass is 9.92. The monoisotopic (exact) mass is 646 g/mol. The summed E-state index contributed by atoms with van der Waals surface area (Å²) in [7, 11) is 1.54. The molecule has 7 rings (SSSR count). The van der Waals surface area contributed by atoms with E-state index in [4.69, 9.17) is 13.9 Å². The van der Waals surface area contributed by atoms with Gasteiger partial charge >= 0.3 is 5.97 Å². The van der Waals surface area contributed by atoms with Gasteiger partial charge in [-0.05, 0) is 48.8 Å². The summed E-state index contributed by atoms with van der Waals surface area (Å²) in [4.78, 5) is 64.9. The Balaban J connectivity index is 1.32. The van der Waals surface area contributed by atoms with Gasteiger partial charge in [-0.15, -0.1) is 0 Å². The molecule has 2 aromatic heterocycles. The molecule has 0 bridgehead atoms. The first kappa shape index (κ1) is 30.9. The van der Waals surface area contributed by atoms with E-state index in [2.05, 4.69) is 11.6 Å². The summed E-state index contributed by atoms with van der Waals surface area (Å²) in [6, 6.07) is 11.8. The highest BCUT2D eigenvalue weighted by atomic mass is 16.5. The first-order valence-corrected chi connectivity index (χ1v) is 15.7. The van der Waals surface area contributed by atoms with Gasteiger partial charge in [0.05, 0.1) is 30.9 Å². The van der Waals surface area contributed by atoms with Crippen molar-refractivity contribution in [3.8, 4) is 0 Å². The molecule has 4 unspecified atom stereocenters. The van der Waals surface area contributed by atoms with Gasteiger partial charge in [0.2, 0.25) is 11.4 Å². The Morgan fingerprint density at radius 1 is 1.17 bits per heavy atom. The van der Waals surface area contributed by atoms with Crippen molar-refractivity contribution in [2.45, 2.75) is 19.4 Å². The molecule has 3 amide bonds. The molecule has 244 valence electrons. The number of allylic oxidation sites excluding steroid dienone is 6. The van der Waals surface area contributed by atoms with Crippen LogP contribution in [0.15, 0.2) is 119 Å². The molecule has 1 aromatic carbocycles. The molecule has 48 heavy (non-hydrogen) atoms. The van der Waals surface area contributed by atoms with E-state index in [9.17, 15) is 19.2 Å². The van der Waals surface area contributed by atoms with E-state index in [0.29, 0.717) is 28.8 Å². The lowest BCUT2D eigenvalue weighted by Crippen LogP contribution is -2.56. The van der Waals surface area contributed by atoms with Crippen molar-refractivity contribution in [2.75, 3.05) is 26.9 Å². The van der Waals surface area contributed by atoms with E-state index >= 15 is 0 Å². The topological polar surface area (TPSA) is 122 Å². The number of likely N-dealkylation sites (tertiary alicyclic amines) is 1. The molecule has 0 spiro atoms. The van der Waals surface area contributed by atoms with Gasteiger partial charge in [0.15, 0.2) is 6.73 Å². The predicted octanol–water partition coefficient (Wildman–Crippen LogP) is 4.68. The molecule has 2 aliphatic carbocycles. The van der Waals surface area contributed by atoms with E-state index in [0.717, 1.165) is 5.57 Å². The molecule has 2 aliphatic heterocycles. The summed E-state index contributed by atoms with van der Waals surface area (Å²) in [5.74, 6) is -1.98. The Labute approximate surface area is 277 Å². The number of aromatic nitrogens is 1. The van der Waals surface area contributed by atoms with Gasteiger partial charge in [-0.1, -0.05) is 56.0 Å². The van der Waals surface area contributed by atoms with Crippen molar-refractivity contribution in [3.05, 3.63) is 126 Å². The molecular weight excluding hydrogens is 612 g/mol. The zero-order valence-electron chi connectivity index (χ0n) is 26.8.